The lowest BCUT2D eigenvalue weighted by molar-refractivity contribution is -0.121. The Morgan fingerprint density at radius 2 is 2.32 bits per heavy atom. The van der Waals surface area contributed by atoms with Crippen molar-refractivity contribution in [1.82, 2.24) is 15.1 Å². The number of amides is 1. The van der Waals surface area contributed by atoms with Gasteiger partial charge in [0, 0.05) is 6.54 Å². The number of nitrogens with zero attached hydrogens (tertiary/aromatic N) is 2. The van der Waals surface area contributed by atoms with Crippen molar-refractivity contribution in [2.24, 2.45) is 0 Å². The van der Waals surface area contributed by atoms with Crippen LogP contribution >= 0.6 is 11.6 Å². The van der Waals surface area contributed by atoms with Crippen molar-refractivity contribution < 1.29 is 9.90 Å². The summed E-state index contributed by atoms with van der Waals surface area (Å²) in [6, 6.07) is -0.535. The number of rotatable bonds is 6. The number of hydrogen-bond acceptors (Lipinski definition) is 5. The van der Waals surface area contributed by atoms with Crippen molar-refractivity contribution in [2.75, 3.05) is 18.5 Å². The van der Waals surface area contributed by atoms with Crippen molar-refractivity contribution in [3.63, 3.8) is 0 Å². The van der Waals surface area contributed by atoms with Crippen LogP contribution in [0, 0.1) is 0 Å². The molecule has 3 N–H and O–H groups in total. The molecule has 0 radical (unpaired) electrons. The third-order valence-electron chi connectivity index (χ3n) is 2.41. The second-order valence-corrected chi connectivity index (χ2v) is 4.26. The van der Waals surface area contributed by atoms with Gasteiger partial charge in [-0.1, -0.05) is 11.6 Å². The van der Waals surface area contributed by atoms with Gasteiger partial charge in [-0.05, 0) is 13.8 Å². The number of carbonyl (C=O) groups excluding carboxylic acids is 1. The van der Waals surface area contributed by atoms with Gasteiger partial charge in [0.1, 0.15) is 11.1 Å². The lowest BCUT2D eigenvalue weighted by atomic mass is 10.3. The molecule has 0 saturated carbocycles. The fourth-order valence-electron chi connectivity index (χ4n) is 1.45. The van der Waals surface area contributed by atoms with Crippen LogP contribution in [0.25, 0.3) is 0 Å². The molecule has 0 aliphatic rings. The Morgan fingerprint density at radius 1 is 1.63 bits per heavy atom. The second kappa shape index (κ2) is 7.10. The summed E-state index contributed by atoms with van der Waals surface area (Å²) in [5.74, 6) is -0.196. The Morgan fingerprint density at radius 3 is 2.89 bits per heavy atom. The Labute approximate surface area is 115 Å². The number of likely N-dealkylation sites (N-methyl/N-ethyl adjacent to an activating group) is 1. The molecule has 1 rings (SSSR count). The molecule has 1 aromatic rings. The first kappa shape index (κ1) is 15.5. The molecule has 0 fully saturated rings. The monoisotopic (exact) mass is 288 g/mol. The maximum Gasteiger partial charge on any atom is 0.287 e. The first-order chi connectivity index (χ1) is 9.01. The minimum atomic E-state index is -0.535. The number of aliphatic hydroxyl groups excluding tert-OH is 1. The Kier molecular flexibility index (Phi) is 5.78. The van der Waals surface area contributed by atoms with Crippen molar-refractivity contribution in [2.45, 2.75) is 26.4 Å². The van der Waals surface area contributed by atoms with Crippen LogP contribution in [0.3, 0.4) is 0 Å². The lowest BCUT2D eigenvalue weighted by Crippen LogP contribution is -2.38. The summed E-state index contributed by atoms with van der Waals surface area (Å²) in [5, 5.41) is 18.0. The average Bonchev–Trinajstić information content (AvgIpc) is 2.38. The van der Waals surface area contributed by atoms with Gasteiger partial charge >= 0.3 is 0 Å². The first-order valence-electron chi connectivity index (χ1n) is 5.92. The van der Waals surface area contributed by atoms with Crippen LogP contribution in [0.4, 0.5) is 5.69 Å². The molecule has 1 atom stereocenters. The van der Waals surface area contributed by atoms with E-state index < -0.39 is 11.6 Å². The zero-order valence-corrected chi connectivity index (χ0v) is 11.6. The topological polar surface area (TPSA) is 96.2 Å². The summed E-state index contributed by atoms with van der Waals surface area (Å²) >= 11 is 5.91. The highest BCUT2D eigenvalue weighted by molar-refractivity contribution is 6.33. The molecular weight excluding hydrogens is 272 g/mol. The van der Waals surface area contributed by atoms with E-state index in [4.69, 9.17) is 16.7 Å². The summed E-state index contributed by atoms with van der Waals surface area (Å²) in [6.45, 7) is 3.86. The van der Waals surface area contributed by atoms with E-state index in [-0.39, 0.29) is 24.1 Å². The third kappa shape index (κ3) is 3.93. The fourth-order valence-corrected chi connectivity index (χ4v) is 1.65. The number of halogens is 1. The molecule has 8 heteroatoms. The normalized spacial score (nSPS) is 12.0. The van der Waals surface area contributed by atoms with Gasteiger partial charge in [0.2, 0.25) is 5.91 Å². The summed E-state index contributed by atoms with van der Waals surface area (Å²) < 4.78 is 1.06. The lowest BCUT2D eigenvalue weighted by Gasteiger charge is -2.15. The van der Waals surface area contributed by atoms with E-state index in [0.717, 1.165) is 4.68 Å². The SMILES string of the molecule is CCNC(=O)C(C)Nc1cnn(CCO)c(=O)c1Cl. The van der Waals surface area contributed by atoms with E-state index in [9.17, 15) is 9.59 Å². The predicted octanol–water partition coefficient (Wildman–Crippen LogP) is -0.175. The van der Waals surface area contributed by atoms with E-state index in [1.807, 2.05) is 6.92 Å². The van der Waals surface area contributed by atoms with Gasteiger partial charge in [-0.3, -0.25) is 9.59 Å². The summed E-state index contributed by atoms with van der Waals surface area (Å²) in [4.78, 5) is 23.3. The van der Waals surface area contributed by atoms with Crippen molar-refractivity contribution >= 4 is 23.2 Å². The Bertz CT molecular complexity index is 503. The van der Waals surface area contributed by atoms with Crippen LogP contribution in [-0.4, -0.2) is 40.0 Å². The number of nitrogens with one attached hydrogen (secondary N) is 2. The van der Waals surface area contributed by atoms with Crippen LogP contribution in [0.1, 0.15) is 13.8 Å². The van der Waals surface area contributed by atoms with Gasteiger partial charge in [-0.25, -0.2) is 4.68 Å². The molecule has 19 heavy (non-hydrogen) atoms. The minimum absolute atomic E-state index is 0.0559. The van der Waals surface area contributed by atoms with E-state index in [0.29, 0.717) is 12.2 Å². The highest BCUT2D eigenvalue weighted by Crippen LogP contribution is 2.16. The molecule has 1 aromatic heterocycles. The smallest absolute Gasteiger partial charge is 0.287 e. The maximum atomic E-state index is 11.8. The summed E-state index contributed by atoms with van der Waals surface area (Å²) in [5.41, 5.74) is -0.219. The number of anilines is 1. The highest BCUT2D eigenvalue weighted by Gasteiger charge is 2.15. The number of hydrogen-bond donors (Lipinski definition) is 3. The van der Waals surface area contributed by atoms with E-state index >= 15 is 0 Å². The molecule has 1 amide bonds. The van der Waals surface area contributed by atoms with Gasteiger partial charge in [-0.15, -0.1) is 0 Å². The van der Waals surface area contributed by atoms with Crippen molar-refractivity contribution in [3.8, 4) is 0 Å². The van der Waals surface area contributed by atoms with Crippen LogP contribution in [-0.2, 0) is 11.3 Å². The van der Waals surface area contributed by atoms with E-state index in [1.165, 1.54) is 6.20 Å². The Balaban J connectivity index is 2.88. The molecular formula is C11H17ClN4O3. The third-order valence-corrected chi connectivity index (χ3v) is 2.78. The Hall–Kier alpha value is -1.60. The van der Waals surface area contributed by atoms with Gasteiger partial charge in [-0.2, -0.15) is 5.10 Å². The molecule has 1 heterocycles. The van der Waals surface area contributed by atoms with E-state index in [1.54, 1.807) is 6.92 Å². The number of aliphatic hydroxyl groups is 1. The van der Waals surface area contributed by atoms with Crippen LogP contribution in [0.5, 0.6) is 0 Å². The molecule has 0 spiro atoms. The molecule has 0 saturated heterocycles. The van der Waals surface area contributed by atoms with Crippen molar-refractivity contribution in [1.29, 1.82) is 0 Å². The van der Waals surface area contributed by atoms with Crippen LogP contribution < -0.4 is 16.2 Å². The molecule has 0 aliphatic heterocycles. The van der Waals surface area contributed by atoms with Crippen molar-refractivity contribution in [3.05, 3.63) is 21.6 Å². The predicted molar refractivity (Wildman–Crippen MR) is 72.4 cm³/mol. The molecule has 0 aliphatic carbocycles. The summed E-state index contributed by atoms with van der Waals surface area (Å²) in [7, 11) is 0. The zero-order valence-electron chi connectivity index (χ0n) is 10.8. The van der Waals surface area contributed by atoms with Crippen LogP contribution in [0.2, 0.25) is 5.02 Å². The van der Waals surface area contributed by atoms with Crippen LogP contribution in [0.15, 0.2) is 11.0 Å². The maximum absolute atomic E-state index is 11.8. The number of carbonyl (C=O) groups is 1. The summed E-state index contributed by atoms with van der Waals surface area (Å²) in [6.07, 6.45) is 1.36. The first-order valence-corrected chi connectivity index (χ1v) is 6.29. The van der Waals surface area contributed by atoms with Gasteiger partial charge in [0.05, 0.1) is 25.0 Å². The molecule has 106 valence electrons. The highest BCUT2D eigenvalue weighted by atomic mass is 35.5. The molecule has 1 unspecified atom stereocenters. The molecule has 0 aromatic carbocycles. The van der Waals surface area contributed by atoms with E-state index in [2.05, 4.69) is 15.7 Å². The molecule has 7 nitrogen and oxygen atoms in total. The largest absolute Gasteiger partial charge is 0.394 e. The van der Waals surface area contributed by atoms with Gasteiger partial charge in [0.15, 0.2) is 0 Å². The standard InChI is InChI=1S/C11H17ClN4O3/c1-3-13-10(18)7(2)15-8-6-14-16(4-5-17)11(19)9(8)12/h6-7,15,17H,3-5H2,1-2H3,(H,13,18). The number of aromatic nitrogens is 2. The quantitative estimate of drug-likeness (QED) is 0.675. The van der Waals surface area contributed by atoms with Gasteiger partial charge < -0.3 is 15.7 Å². The second-order valence-electron chi connectivity index (χ2n) is 3.88. The minimum Gasteiger partial charge on any atom is -0.394 e. The van der Waals surface area contributed by atoms with Gasteiger partial charge in [0.25, 0.3) is 5.56 Å². The zero-order chi connectivity index (χ0) is 14.4. The fraction of sp³-hybridized carbons (Fsp3) is 0.545. The molecule has 0 bridgehead atoms. The average molecular weight is 289 g/mol.